The zero-order valence-corrected chi connectivity index (χ0v) is 17.1. The summed E-state index contributed by atoms with van der Waals surface area (Å²) in [4.78, 5) is 29.0. The maximum atomic E-state index is 12.8. The molecule has 1 aromatic carbocycles. The quantitative estimate of drug-likeness (QED) is 0.721. The van der Waals surface area contributed by atoms with Gasteiger partial charge in [-0.2, -0.15) is 0 Å². The highest BCUT2D eigenvalue weighted by molar-refractivity contribution is 5.94. The average Bonchev–Trinajstić information content (AvgIpc) is 3.27. The lowest BCUT2D eigenvalue weighted by Crippen LogP contribution is -2.44. The zero-order valence-electron chi connectivity index (χ0n) is 17.1. The van der Waals surface area contributed by atoms with Crippen LogP contribution in [-0.4, -0.2) is 67.1 Å². The van der Waals surface area contributed by atoms with E-state index in [1.54, 1.807) is 0 Å². The number of hydrogen-bond acceptors (Lipinski definition) is 4. The Morgan fingerprint density at radius 3 is 2.36 bits per heavy atom. The molecule has 1 unspecified atom stereocenters. The second-order valence-electron chi connectivity index (χ2n) is 7.55. The van der Waals surface area contributed by atoms with Gasteiger partial charge in [-0.1, -0.05) is 0 Å². The van der Waals surface area contributed by atoms with E-state index in [4.69, 9.17) is 9.47 Å². The molecule has 2 heterocycles. The van der Waals surface area contributed by atoms with Gasteiger partial charge < -0.3 is 19.3 Å². The third-order valence-electron chi connectivity index (χ3n) is 5.77. The van der Waals surface area contributed by atoms with Crippen LogP contribution in [0.25, 0.3) is 0 Å². The molecule has 2 amide bonds. The van der Waals surface area contributed by atoms with Crippen LogP contribution in [0, 0.1) is 5.92 Å². The molecule has 6 nitrogen and oxygen atoms in total. The van der Waals surface area contributed by atoms with Gasteiger partial charge in [-0.05, 0) is 63.8 Å². The summed E-state index contributed by atoms with van der Waals surface area (Å²) in [6.07, 6.45) is 3.80. The van der Waals surface area contributed by atoms with Crippen LogP contribution in [-0.2, 0) is 9.53 Å². The molecule has 3 rings (SSSR count). The second-order valence-corrected chi connectivity index (χ2v) is 7.55. The summed E-state index contributed by atoms with van der Waals surface area (Å²) in [5, 5.41) is 0. The van der Waals surface area contributed by atoms with Gasteiger partial charge in [-0.25, -0.2) is 0 Å². The molecule has 2 aliphatic heterocycles. The van der Waals surface area contributed by atoms with Crippen LogP contribution in [0.2, 0.25) is 0 Å². The van der Waals surface area contributed by atoms with E-state index in [0.717, 1.165) is 51.1 Å². The minimum atomic E-state index is 0.0272. The Morgan fingerprint density at radius 1 is 1.11 bits per heavy atom. The lowest BCUT2D eigenvalue weighted by Gasteiger charge is -2.33. The Kier molecular flexibility index (Phi) is 7.31. The monoisotopic (exact) mass is 388 g/mol. The molecule has 2 fully saturated rings. The number of hydrogen-bond donors (Lipinski definition) is 0. The van der Waals surface area contributed by atoms with E-state index in [2.05, 4.69) is 0 Å². The molecule has 0 saturated carbocycles. The van der Waals surface area contributed by atoms with Crippen molar-refractivity contribution in [3.05, 3.63) is 29.8 Å². The van der Waals surface area contributed by atoms with Crippen LogP contribution < -0.4 is 4.74 Å². The second kappa shape index (κ2) is 9.92. The molecule has 0 bridgehead atoms. The molecule has 0 radical (unpaired) electrons. The molecule has 28 heavy (non-hydrogen) atoms. The topological polar surface area (TPSA) is 59.1 Å². The summed E-state index contributed by atoms with van der Waals surface area (Å²) in [7, 11) is 0. The van der Waals surface area contributed by atoms with Crippen molar-refractivity contribution in [3.63, 3.8) is 0 Å². The predicted octanol–water partition coefficient (Wildman–Crippen LogP) is 2.97. The van der Waals surface area contributed by atoms with Crippen molar-refractivity contribution in [2.45, 2.75) is 45.6 Å². The molecule has 2 saturated heterocycles. The minimum Gasteiger partial charge on any atom is -0.491 e. The fourth-order valence-corrected chi connectivity index (χ4v) is 3.96. The number of likely N-dealkylation sites (tertiary alicyclic amines) is 1. The lowest BCUT2D eigenvalue weighted by atomic mass is 9.94. The first kappa shape index (κ1) is 20.6. The van der Waals surface area contributed by atoms with E-state index in [1.165, 1.54) is 0 Å². The summed E-state index contributed by atoms with van der Waals surface area (Å²) in [5.41, 5.74) is 0.665. The third kappa shape index (κ3) is 5.04. The van der Waals surface area contributed by atoms with Gasteiger partial charge >= 0.3 is 0 Å². The SMILES string of the molecule is CCN(CC)C(=O)C1CCN(C(=O)c2ccc(OCC3CCCO3)cc2)CC1. The smallest absolute Gasteiger partial charge is 0.253 e. The molecule has 0 N–H and O–H groups in total. The highest BCUT2D eigenvalue weighted by Crippen LogP contribution is 2.22. The van der Waals surface area contributed by atoms with Gasteiger partial charge in [0.15, 0.2) is 0 Å². The van der Waals surface area contributed by atoms with Crippen LogP contribution in [0.3, 0.4) is 0 Å². The first-order valence-corrected chi connectivity index (χ1v) is 10.5. The van der Waals surface area contributed by atoms with Gasteiger partial charge in [0, 0.05) is 44.3 Å². The van der Waals surface area contributed by atoms with Crippen molar-refractivity contribution < 1.29 is 19.1 Å². The number of amides is 2. The van der Waals surface area contributed by atoms with Gasteiger partial charge in [-0.15, -0.1) is 0 Å². The Hall–Kier alpha value is -2.08. The summed E-state index contributed by atoms with van der Waals surface area (Å²) in [6, 6.07) is 7.33. The van der Waals surface area contributed by atoms with E-state index >= 15 is 0 Å². The highest BCUT2D eigenvalue weighted by Gasteiger charge is 2.29. The van der Waals surface area contributed by atoms with Gasteiger partial charge in [0.05, 0.1) is 6.10 Å². The normalized spacial score (nSPS) is 20.2. The molecule has 0 spiro atoms. The number of nitrogens with zero attached hydrogens (tertiary/aromatic N) is 2. The maximum absolute atomic E-state index is 12.8. The largest absolute Gasteiger partial charge is 0.491 e. The van der Waals surface area contributed by atoms with E-state index in [9.17, 15) is 9.59 Å². The van der Waals surface area contributed by atoms with Crippen molar-refractivity contribution >= 4 is 11.8 Å². The van der Waals surface area contributed by atoms with Gasteiger partial charge in [0.2, 0.25) is 5.91 Å². The van der Waals surface area contributed by atoms with Crippen LogP contribution in [0.4, 0.5) is 0 Å². The Balaban J connectivity index is 1.48. The van der Waals surface area contributed by atoms with Crippen LogP contribution in [0.1, 0.15) is 49.9 Å². The summed E-state index contributed by atoms with van der Waals surface area (Å²) in [5.74, 6) is 1.05. The fraction of sp³-hybridized carbons (Fsp3) is 0.636. The Morgan fingerprint density at radius 2 is 1.79 bits per heavy atom. The maximum Gasteiger partial charge on any atom is 0.253 e. The minimum absolute atomic E-state index is 0.0272. The van der Waals surface area contributed by atoms with Crippen LogP contribution in [0.15, 0.2) is 24.3 Å². The summed E-state index contributed by atoms with van der Waals surface area (Å²) < 4.78 is 11.3. The Labute approximate surface area is 167 Å². The van der Waals surface area contributed by atoms with Crippen molar-refractivity contribution in [2.24, 2.45) is 5.92 Å². The van der Waals surface area contributed by atoms with Crippen LogP contribution >= 0.6 is 0 Å². The number of rotatable bonds is 7. The molecular formula is C22H32N2O4. The van der Waals surface area contributed by atoms with Crippen molar-refractivity contribution in [1.29, 1.82) is 0 Å². The molecule has 0 aromatic heterocycles. The van der Waals surface area contributed by atoms with E-state index in [1.807, 2.05) is 47.9 Å². The van der Waals surface area contributed by atoms with Gasteiger partial charge in [-0.3, -0.25) is 9.59 Å². The molecule has 0 aliphatic carbocycles. The number of carbonyl (C=O) groups excluding carboxylic acids is 2. The van der Waals surface area contributed by atoms with E-state index in [-0.39, 0.29) is 23.8 Å². The van der Waals surface area contributed by atoms with E-state index in [0.29, 0.717) is 25.3 Å². The first-order valence-electron chi connectivity index (χ1n) is 10.5. The first-order chi connectivity index (χ1) is 13.6. The summed E-state index contributed by atoms with van der Waals surface area (Å²) in [6.45, 7) is 8.15. The number of piperidine rings is 1. The molecule has 1 atom stereocenters. The molecule has 6 heteroatoms. The van der Waals surface area contributed by atoms with Crippen molar-refractivity contribution in [3.8, 4) is 5.75 Å². The number of benzene rings is 1. The third-order valence-corrected chi connectivity index (χ3v) is 5.77. The number of carbonyl (C=O) groups is 2. The Bertz CT molecular complexity index is 643. The standard InChI is InChI=1S/C22H32N2O4/c1-3-23(4-2)21(25)18-11-13-24(14-12-18)22(26)17-7-9-19(10-8-17)28-16-20-6-5-15-27-20/h7-10,18,20H,3-6,11-16H2,1-2H3. The molecular weight excluding hydrogens is 356 g/mol. The van der Waals surface area contributed by atoms with Crippen molar-refractivity contribution in [2.75, 3.05) is 39.4 Å². The average molecular weight is 389 g/mol. The van der Waals surface area contributed by atoms with Crippen LogP contribution in [0.5, 0.6) is 5.75 Å². The van der Waals surface area contributed by atoms with Gasteiger partial charge in [0.25, 0.3) is 5.91 Å². The molecule has 2 aliphatic rings. The lowest BCUT2D eigenvalue weighted by molar-refractivity contribution is -0.136. The fourth-order valence-electron chi connectivity index (χ4n) is 3.96. The molecule has 1 aromatic rings. The predicted molar refractivity (Wildman–Crippen MR) is 107 cm³/mol. The van der Waals surface area contributed by atoms with Crippen molar-refractivity contribution in [1.82, 2.24) is 9.80 Å². The van der Waals surface area contributed by atoms with E-state index < -0.39 is 0 Å². The number of ether oxygens (including phenoxy) is 2. The van der Waals surface area contributed by atoms with Gasteiger partial charge in [0.1, 0.15) is 12.4 Å². The highest BCUT2D eigenvalue weighted by atomic mass is 16.5. The zero-order chi connectivity index (χ0) is 19.9. The molecule has 154 valence electrons. The summed E-state index contributed by atoms with van der Waals surface area (Å²) >= 11 is 0.